The fourth-order valence-electron chi connectivity index (χ4n) is 0.964. The van der Waals surface area contributed by atoms with Crippen LogP contribution in [0.1, 0.15) is 10.5 Å². The van der Waals surface area contributed by atoms with E-state index in [2.05, 4.69) is 10.4 Å². The van der Waals surface area contributed by atoms with Gasteiger partial charge in [-0.3, -0.25) is 9.48 Å². The predicted molar refractivity (Wildman–Crippen MR) is 49.2 cm³/mol. The highest BCUT2D eigenvalue weighted by Gasteiger charge is 2.16. The molecule has 7 heteroatoms. The number of aliphatic hydroxyl groups excluding tert-OH is 1. The Hall–Kier alpha value is -1.89. The lowest BCUT2D eigenvalue weighted by atomic mass is 10.3. The van der Waals surface area contributed by atoms with Gasteiger partial charge in [-0.1, -0.05) is 0 Å². The largest absolute Gasteiger partial charge is 0.479 e. The summed E-state index contributed by atoms with van der Waals surface area (Å²) in [6.45, 7) is -0.334. The van der Waals surface area contributed by atoms with Crippen LogP contribution in [0, 0.1) is 0 Å². The van der Waals surface area contributed by atoms with Crippen LogP contribution in [0.5, 0.6) is 0 Å². The van der Waals surface area contributed by atoms with Crippen LogP contribution in [0.3, 0.4) is 0 Å². The molecule has 0 aliphatic carbocycles. The average molecular weight is 213 g/mol. The number of carbonyl (C=O) groups is 2. The topological polar surface area (TPSA) is 104 Å². The molecule has 0 radical (unpaired) electrons. The first-order valence-electron chi connectivity index (χ1n) is 4.19. The van der Waals surface area contributed by atoms with Crippen molar-refractivity contribution in [3.05, 3.63) is 18.0 Å². The van der Waals surface area contributed by atoms with Gasteiger partial charge in [0.05, 0.1) is 6.54 Å². The maximum Gasteiger partial charge on any atom is 0.334 e. The molecule has 3 N–H and O–H groups in total. The van der Waals surface area contributed by atoms with E-state index in [1.54, 1.807) is 7.05 Å². The summed E-state index contributed by atoms with van der Waals surface area (Å²) in [7, 11) is 1.59. The van der Waals surface area contributed by atoms with E-state index in [9.17, 15) is 9.59 Å². The van der Waals surface area contributed by atoms with Crippen LogP contribution in [-0.4, -0.2) is 44.5 Å². The van der Waals surface area contributed by atoms with Gasteiger partial charge in [-0.2, -0.15) is 5.10 Å². The van der Waals surface area contributed by atoms with Crippen molar-refractivity contribution >= 4 is 11.9 Å². The molecular weight excluding hydrogens is 202 g/mol. The van der Waals surface area contributed by atoms with Crippen molar-refractivity contribution in [2.45, 2.75) is 6.10 Å². The maximum absolute atomic E-state index is 11.4. The molecule has 0 aromatic carbocycles. The smallest absolute Gasteiger partial charge is 0.334 e. The molecule has 7 nitrogen and oxygen atoms in total. The molecule has 0 aliphatic rings. The Kier molecular flexibility index (Phi) is 3.40. The molecule has 1 unspecified atom stereocenters. The van der Waals surface area contributed by atoms with E-state index in [1.165, 1.54) is 16.9 Å². The third-order valence-corrected chi connectivity index (χ3v) is 1.79. The van der Waals surface area contributed by atoms with Gasteiger partial charge in [-0.25, -0.2) is 4.79 Å². The van der Waals surface area contributed by atoms with Crippen molar-refractivity contribution in [1.29, 1.82) is 0 Å². The zero-order valence-corrected chi connectivity index (χ0v) is 8.04. The Balaban J connectivity index is 2.51. The second-order valence-corrected chi connectivity index (χ2v) is 2.90. The summed E-state index contributed by atoms with van der Waals surface area (Å²) in [5, 5.41) is 23.3. The number of carbonyl (C=O) groups excluding carboxylic acids is 1. The molecule has 0 spiro atoms. The van der Waals surface area contributed by atoms with E-state index in [-0.39, 0.29) is 6.54 Å². The number of hydrogen-bond donors (Lipinski definition) is 3. The minimum Gasteiger partial charge on any atom is -0.479 e. The molecule has 1 heterocycles. The Morgan fingerprint density at radius 2 is 2.33 bits per heavy atom. The molecule has 0 saturated carbocycles. The van der Waals surface area contributed by atoms with Crippen molar-refractivity contribution in [2.24, 2.45) is 7.05 Å². The van der Waals surface area contributed by atoms with Crippen LogP contribution < -0.4 is 5.32 Å². The molecular formula is C8H11N3O4. The first kappa shape index (κ1) is 11.2. The van der Waals surface area contributed by atoms with Crippen LogP contribution in [-0.2, 0) is 11.8 Å². The average Bonchev–Trinajstić information content (AvgIpc) is 2.60. The molecule has 0 fully saturated rings. The molecule has 82 valence electrons. The van der Waals surface area contributed by atoms with Gasteiger partial charge in [0.25, 0.3) is 5.91 Å². The minimum absolute atomic E-state index is 0.299. The van der Waals surface area contributed by atoms with Crippen molar-refractivity contribution in [1.82, 2.24) is 15.1 Å². The third-order valence-electron chi connectivity index (χ3n) is 1.79. The molecule has 0 saturated heterocycles. The summed E-state index contributed by atoms with van der Waals surface area (Å²) in [5.41, 5.74) is 0.299. The van der Waals surface area contributed by atoms with E-state index in [4.69, 9.17) is 10.2 Å². The van der Waals surface area contributed by atoms with E-state index >= 15 is 0 Å². The number of aliphatic carboxylic acids is 1. The van der Waals surface area contributed by atoms with E-state index < -0.39 is 18.0 Å². The normalized spacial score (nSPS) is 12.1. The van der Waals surface area contributed by atoms with E-state index in [0.29, 0.717) is 5.69 Å². The van der Waals surface area contributed by atoms with Crippen molar-refractivity contribution < 1.29 is 19.8 Å². The van der Waals surface area contributed by atoms with Gasteiger partial charge in [0, 0.05) is 13.2 Å². The van der Waals surface area contributed by atoms with Gasteiger partial charge in [0.1, 0.15) is 5.69 Å². The maximum atomic E-state index is 11.4. The second kappa shape index (κ2) is 4.56. The zero-order chi connectivity index (χ0) is 11.4. The number of nitrogens with zero attached hydrogens (tertiary/aromatic N) is 2. The first-order valence-corrected chi connectivity index (χ1v) is 4.19. The van der Waals surface area contributed by atoms with Crippen molar-refractivity contribution in [3.8, 4) is 0 Å². The Morgan fingerprint density at radius 1 is 1.67 bits per heavy atom. The number of aliphatic hydroxyl groups is 1. The number of carboxylic acids is 1. The highest BCUT2D eigenvalue weighted by molar-refractivity contribution is 5.92. The van der Waals surface area contributed by atoms with Gasteiger partial charge in [-0.15, -0.1) is 0 Å². The van der Waals surface area contributed by atoms with Gasteiger partial charge >= 0.3 is 5.97 Å². The molecule has 1 atom stereocenters. The monoisotopic (exact) mass is 213 g/mol. The number of carboxylic acid groups (broad SMARTS) is 1. The SMILES string of the molecule is Cn1nccc1C(=O)NCC(O)C(=O)O. The predicted octanol–water partition coefficient (Wildman–Crippen LogP) is -1.40. The lowest BCUT2D eigenvalue weighted by Crippen LogP contribution is -2.37. The van der Waals surface area contributed by atoms with Gasteiger partial charge in [0.15, 0.2) is 6.10 Å². The third kappa shape index (κ3) is 2.78. The van der Waals surface area contributed by atoms with Crippen molar-refractivity contribution in [3.63, 3.8) is 0 Å². The summed E-state index contributed by atoms with van der Waals surface area (Å²) < 4.78 is 1.35. The first-order chi connectivity index (χ1) is 7.02. The Morgan fingerprint density at radius 3 is 2.80 bits per heavy atom. The van der Waals surface area contributed by atoms with Crippen LogP contribution in [0.2, 0.25) is 0 Å². The van der Waals surface area contributed by atoms with E-state index in [1.807, 2.05) is 0 Å². The number of aromatic nitrogens is 2. The molecule has 15 heavy (non-hydrogen) atoms. The van der Waals surface area contributed by atoms with Crippen LogP contribution in [0.4, 0.5) is 0 Å². The van der Waals surface area contributed by atoms with Crippen LogP contribution >= 0.6 is 0 Å². The molecule has 1 amide bonds. The van der Waals surface area contributed by atoms with Crippen molar-refractivity contribution in [2.75, 3.05) is 6.54 Å². The van der Waals surface area contributed by atoms with Gasteiger partial charge < -0.3 is 15.5 Å². The fraction of sp³-hybridized carbons (Fsp3) is 0.375. The summed E-state index contributed by atoms with van der Waals surface area (Å²) in [4.78, 5) is 21.6. The molecule has 1 aromatic heterocycles. The summed E-state index contributed by atoms with van der Waals surface area (Å²) >= 11 is 0. The highest BCUT2D eigenvalue weighted by Crippen LogP contribution is 1.95. The number of amides is 1. The standard InChI is InChI=1S/C8H11N3O4/c1-11-5(2-3-10-11)7(13)9-4-6(12)8(14)15/h2-3,6,12H,4H2,1H3,(H,9,13)(H,14,15). The summed E-state index contributed by atoms with van der Waals surface area (Å²) in [6, 6.07) is 1.49. The number of nitrogens with one attached hydrogen (secondary N) is 1. The summed E-state index contributed by atoms with van der Waals surface area (Å²) in [5.74, 6) is -1.85. The lowest BCUT2D eigenvalue weighted by molar-refractivity contribution is -0.146. The highest BCUT2D eigenvalue weighted by atomic mass is 16.4. The van der Waals surface area contributed by atoms with Crippen LogP contribution in [0.25, 0.3) is 0 Å². The number of aryl methyl sites for hydroxylation is 1. The Labute approximate surface area is 85.3 Å². The lowest BCUT2D eigenvalue weighted by Gasteiger charge is -2.07. The van der Waals surface area contributed by atoms with E-state index in [0.717, 1.165) is 0 Å². The fourth-order valence-corrected chi connectivity index (χ4v) is 0.964. The zero-order valence-electron chi connectivity index (χ0n) is 8.04. The van der Waals surface area contributed by atoms with Gasteiger partial charge in [0.2, 0.25) is 0 Å². The molecule has 0 bridgehead atoms. The van der Waals surface area contributed by atoms with Crippen LogP contribution in [0.15, 0.2) is 12.3 Å². The number of rotatable bonds is 4. The molecule has 1 rings (SSSR count). The number of hydrogen-bond acceptors (Lipinski definition) is 4. The quantitative estimate of drug-likeness (QED) is 0.570. The Bertz CT molecular complexity index is 374. The summed E-state index contributed by atoms with van der Waals surface area (Å²) in [6.07, 6.45) is -0.148. The molecule has 0 aliphatic heterocycles. The van der Waals surface area contributed by atoms with Gasteiger partial charge in [-0.05, 0) is 6.07 Å². The molecule has 1 aromatic rings. The minimum atomic E-state index is -1.60. The second-order valence-electron chi connectivity index (χ2n) is 2.90.